The highest BCUT2D eigenvalue weighted by molar-refractivity contribution is 7.97. The summed E-state index contributed by atoms with van der Waals surface area (Å²) in [4.78, 5) is 0. The van der Waals surface area contributed by atoms with Gasteiger partial charge in [0.15, 0.2) is 0 Å². The van der Waals surface area contributed by atoms with Crippen molar-refractivity contribution in [2.24, 2.45) is 0 Å². The second-order valence-electron chi connectivity index (χ2n) is 1.71. The Hall–Kier alpha value is -0.770. The molecule has 0 saturated carbocycles. The van der Waals surface area contributed by atoms with Gasteiger partial charge >= 0.3 is 0 Å². The number of nitrogens with zero attached hydrogens (tertiary/aromatic N) is 1. The molecule has 0 aliphatic heterocycles. The molecule has 1 aromatic heterocycles. The predicted molar refractivity (Wildman–Crippen MR) is 64.9 cm³/mol. The van der Waals surface area contributed by atoms with E-state index < -0.39 is 0 Å². The molecule has 0 radical (unpaired) electrons. The Balaban J connectivity index is 0. The first kappa shape index (κ1) is 14.7. The van der Waals surface area contributed by atoms with E-state index in [0.29, 0.717) is 11.4 Å². The number of nitrogens with two attached hydrogens (primary N) is 2. The topological polar surface area (TPSA) is 57.0 Å². The molecule has 0 aliphatic rings. The van der Waals surface area contributed by atoms with Crippen LogP contribution in [-0.4, -0.2) is 10.2 Å². The van der Waals surface area contributed by atoms with Crippen molar-refractivity contribution in [3.63, 3.8) is 0 Å². The SMILES string of the molecule is CC.CC.CSn1cc(N)c(N)c1. The molecular weight excluding hydrogens is 182 g/mol. The first-order valence-electron chi connectivity index (χ1n) is 4.51. The lowest BCUT2D eigenvalue weighted by atomic mass is 10.5. The summed E-state index contributed by atoms with van der Waals surface area (Å²) in [6, 6.07) is 0. The fourth-order valence-corrected chi connectivity index (χ4v) is 1.00. The molecule has 0 aliphatic carbocycles. The van der Waals surface area contributed by atoms with Gasteiger partial charge in [0, 0.05) is 18.6 Å². The van der Waals surface area contributed by atoms with Gasteiger partial charge < -0.3 is 11.5 Å². The molecular formula is C9H21N3S. The van der Waals surface area contributed by atoms with Crippen molar-refractivity contribution < 1.29 is 0 Å². The summed E-state index contributed by atoms with van der Waals surface area (Å²) in [6.45, 7) is 8.00. The number of hydrogen-bond acceptors (Lipinski definition) is 3. The molecule has 0 bridgehead atoms. The van der Waals surface area contributed by atoms with E-state index in [-0.39, 0.29) is 0 Å². The molecule has 0 atom stereocenters. The third kappa shape index (κ3) is 5.47. The van der Waals surface area contributed by atoms with E-state index in [1.54, 1.807) is 24.3 Å². The van der Waals surface area contributed by atoms with Crippen LogP contribution in [0, 0.1) is 0 Å². The quantitative estimate of drug-likeness (QED) is 0.738. The zero-order chi connectivity index (χ0) is 10.9. The number of aromatic nitrogens is 1. The molecule has 0 amide bonds. The van der Waals surface area contributed by atoms with E-state index in [1.807, 2.05) is 37.9 Å². The lowest BCUT2D eigenvalue weighted by molar-refractivity contribution is 1.30. The highest BCUT2D eigenvalue weighted by Gasteiger charge is 1.95. The van der Waals surface area contributed by atoms with Gasteiger partial charge in [-0.3, -0.25) is 3.97 Å². The maximum absolute atomic E-state index is 5.46. The fraction of sp³-hybridized carbons (Fsp3) is 0.556. The molecule has 4 N–H and O–H groups in total. The average molecular weight is 203 g/mol. The van der Waals surface area contributed by atoms with Gasteiger partial charge in [0.2, 0.25) is 0 Å². The second kappa shape index (κ2) is 9.32. The van der Waals surface area contributed by atoms with Crippen LogP contribution in [0.1, 0.15) is 27.7 Å². The molecule has 4 heteroatoms. The molecule has 0 fully saturated rings. The lowest BCUT2D eigenvalue weighted by Crippen LogP contribution is -1.87. The fourth-order valence-electron chi connectivity index (χ4n) is 0.566. The van der Waals surface area contributed by atoms with Gasteiger partial charge in [0.05, 0.1) is 11.4 Å². The van der Waals surface area contributed by atoms with Gasteiger partial charge in [-0.1, -0.05) is 27.7 Å². The van der Waals surface area contributed by atoms with Crippen LogP contribution in [0.25, 0.3) is 0 Å². The molecule has 0 spiro atoms. The summed E-state index contributed by atoms with van der Waals surface area (Å²) in [5.41, 5.74) is 12.2. The maximum Gasteiger partial charge on any atom is 0.0738 e. The van der Waals surface area contributed by atoms with Gasteiger partial charge in [0.1, 0.15) is 0 Å². The highest BCUT2D eigenvalue weighted by atomic mass is 32.2. The molecule has 1 heterocycles. The Bertz CT molecular complexity index is 189. The molecule has 1 aromatic rings. The van der Waals surface area contributed by atoms with E-state index in [0.717, 1.165) is 0 Å². The molecule has 3 nitrogen and oxygen atoms in total. The van der Waals surface area contributed by atoms with Crippen LogP contribution >= 0.6 is 11.9 Å². The lowest BCUT2D eigenvalue weighted by Gasteiger charge is -1.89. The highest BCUT2D eigenvalue weighted by Crippen LogP contribution is 2.17. The molecule has 0 aromatic carbocycles. The molecule has 78 valence electrons. The van der Waals surface area contributed by atoms with Crippen LogP contribution in [0.4, 0.5) is 11.4 Å². The van der Waals surface area contributed by atoms with Crippen LogP contribution in [0.15, 0.2) is 12.4 Å². The summed E-state index contributed by atoms with van der Waals surface area (Å²) >= 11 is 1.56. The van der Waals surface area contributed by atoms with Crippen molar-refractivity contribution in [3.05, 3.63) is 12.4 Å². The maximum atomic E-state index is 5.46. The standard InChI is InChI=1S/C5H9N3S.2C2H6/c1-9-8-2-4(6)5(7)3-8;2*1-2/h2-3H,6-7H2,1H3;2*1-2H3. The Morgan fingerprint density at radius 2 is 1.31 bits per heavy atom. The van der Waals surface area contributed by atoms with Crippen molar-refractivity contribution in [2.75, 3.05) is 17.7 Å². The molecule has 0 saturated heterocycles. The third-order valence-electron chi connectivity index (χ3n) is 1.08. The van der Waals surface area contributed by atoms with Gasteiger partial charge in [-0.05, 0) is 11.9 Å². The normalized spacial score (nSPS) is 7.77. The van der Waals surface area contributed by atoms with Crippen LogP contribution < -0.4 is 11.5 Å². The molecule has 0 unspecified atom stereocenters. The smallest absolute Gasteiger partial charge is 0.0738 e. The zero-order valence-electron chi connectivity index (χ0n) is 9.16. The van der Waals surface area contributed by atoms with Crippen molar-refractivity contribution in [2.45, 2.75) is 27.7 Å². The number of rotatable bonds is 1. The first-order chi connectivity index (χ1) is 6.24. The van der Waals surface area contributed by atoms with E-state index in [9.17, 15) is 0 Å². The van der Waals surface area contributed by atoms with Crippen molar-refractivity contribution >= 4 is 23.3 Å². The van der Waals surface area contributed by atoms with Crippen LogP contribution in [0.5, 0.6) is 0 Å². The van der Waals surface area contributed by atoms with Gasteiger partial charge in [-0.2, -0.15) is 0 Å². The predicted octanol–water partition coefficient (Wildman–Crippen LogP) is 2.83. The average Bonchev–Trinajstić information content (AvgIpc) is 2.53. The van der Waals surface area contributed by atoms with E-state index in [4.69, 9.17) is 11.5 Å². The minimum absolute atomic E-state index is 0.643. The van der Waals surface area contributed by atoms with Crippen LogP contribution in [0.2, 0.25) is 0 Å². The minimum atomic E-state index is 0.643. The van der Waals surface area contributed by atoms with Crippen LogP contribution in [-0.2, 0) is 0 Å². The number of nitrogen functional groups attached to an aromatic ring is 2. The van der Waals surface area contributed by atoms with E-state index >= 15 is 0 Å². The first-order valence-corrected chi connectivity index (χ1v) is 5.69. The summed E-state index contributed by atoms with van der Waals surface area (Å²) in [7, 11) is 0. The summed E-state index contributed by atoms with van der Waals surface area (Å²) in [5.74, 6) is 0. The van der Waals surface area contributed by atoms with Gasteiger partial charge in [0.25, 0.3) is 0 Å². The minimum Gasteiger partial charge on any atom is -0.396 e. The van der Waals surface area contributed by atoms with Crippen molar-refractivity contribution in [3.8, 4) is 0 Å². The number of hydrogen-bond donors (Lipinski definition) is 2. The van der Waals surface area contributed by atoms with Crippen LogP contribution in [0.3, 0.4) is 0 Å². The van der Waals surface area contributed by atoms with Gasteiger partial charge in [-0.25, -0.2) is 0 Å². The monoisotopic (exact) mass is 203 g/mol. The van der Waals surface area contributed by atoms with E-state index in [1.165, 1.54) is 0 Å². The van der Waals surface area contributed by atoms with Crippen molar-refractivity contribution in [1.82, 2.24) is 3.97 Å². The summed E-state index contributed by atoms with van der Waals surface area (Å²) in [6.07, 6.45) is 5.54. The summed E-state index contributed by atoms with van der Waals surface area (Å²) in [5, 5.41) is 0. The Labute approximate surface area is 85.6 Å². The third-order valence-corrected chi connectivity index (χ3v) is 1.71. The van der Waals surface area contributed by atoms with Crippen molar-refractivity contribution in [1.29, 1.82) is 0 Å². The molecule has 13 heavy (non-hydrogen) atoms. The Morgan fingerprint density at radius 3 is 1.46 bits per heavy atom. The zero-order valence-corrected chi connectivity index (χ0v) is 9.98. The Morgan fingerprint density at radius 1 is 1.00 bits per heavy atom. The summed E-state index contributed by atoms with van der Waals surface area (Å²) < 4.78 is 1.87. The van der Waals surface area contributed by atoms with Gasteiger partial charge in [-0.15, -0.1) is 0 Å². The Kier molecular flexibility index (Phi) is 10.6. The second-order valence-corrected chi connectivity index (χ2v) is 2.50. The van der Waals surface area contributed by atoms with E-state index in [2.05, 4.69) is 0 Å². The molecule has 1 rings (SSSR count). The number of anilines is 2. The largest absolute Gasteiger partial charge is 0.396 e.